The molecule has 0 radical (unpaired) electrons. The molecule has 0 amide bonds. The predicted molar refractivity (Wildman–Crippen MR) is 184 cm³/mol. The van der Waals surface area contributed by atoms with E-state index in [2.05, 4.69) is 152 Å². The van der Waals surface area contributed by atoms with Crippen molar-refractivity contribution in [3.8, 4) is 0 Å². The van der Waals surface area contributed by atoms with Crippen LogP contribution in [0.3, 0.4) is 0 Å². The van der Waals surface area contributed by atoms with Gasteiger partial charge in [-0.25, -0.2) is 0 Å². The Balaban J connectivity index is 2.29. The lowest BCUT2D eigenvalue weighted by atomic mass is 9.26. The normalized spacial score (nSPS) is 39.0. The first-order chi connectivity index (χ1) is 17.9. The lowest BCUT2D eigenvalue weighted by molar-refractivity contribution is -0.305. The zero-order valence-electron chi connectivity index (χ0n) is 32.6. The molecule has 242 valence electrons. The summed E-state index contributed by atoms with van der Waals surface area (Å²) < 4.78 is 0. The van der Waals surface area contributed by atoms with Crippen molar-refractivity contribution in [3.63, 3.8) is 0 Å². The number of rotatable bonds is 9. The highest BCUT2D eigenvalue weighted by Crippen LogP contribution is 2.88. The molecule has 8 atom stereocenters. The summed E-state index contributed by atoms with van der Waals surface area (Å²) in [7, 11) is 0. The third kappa shape index (κ3) is 3.47. The third-order valence-corrected chi connectivity index (χ3v) is 20.4. The minimum Gasteiger partial charge on any atom is -0.0651 e. The van der Waals surface area contributed by atoms with E-state index < -0.39 is 0 Å². The maximum atomic E-state index is 2.81. The van der Waals surface area contributed by atoms with Crippen LogP contribution in [0.15, 0.2) is 0 Å². The van der Waals surface area contributed by atoms with Crippen LogP contribution in [-0.4, -0.2) is 0 Å². The summed E-state index contributed by atoms with van der Waals surface area (Å²) in [5.41, 5.74) is 1.99. The molecule has 0 N–H and O–H groups in total. The Morgan fingerprint density at radius 3 is 1.51 bits per heavy atom. The van der Waals surface area contributed by atoms with Crippen molar-refractivity contribution >= 4 is 0 Å². The van der Waals surface area contributed by atoms with Crippen molar-refractivity contribution in [3.05, 3.63) is 0 Å². The zero-order valence-corrected chi connectivity index (χ0v) is 32.6. The van der Waals surface area contributed by atoms with Crippen LogP contribution in [-0.2, 0) is 0 Å². The Hall–Kier alpha value is 0. The fraction of sp³-hybridized carbons (Fsp3) is 1.00. The SMILES string of the molecule is CCC(C)C1(C)C2CC3CC(C)C2C1(C)C(C)(C)C3(C)C(C)(C)C(C)(C)C(C)(C)C(C)(C)C(C)(C)C(C)(C)C(C)C. The van der Waals surface area contributed by atoms with Gasteiger partial charge in [0.25, 0.3) is 0 Å². The first kappa shape index (κ1) is 35.5. The summed E-state index contributed by atoms with van der Waals surface area (Å²) in [6.45, 7) is 58.1. The predicted octanol–water partition coefficient (Wildman–Crippen LogP) is 13.2. The van der Waals surface area contributed by atoms with Gasteiger partial charge < -0.3 is 0 Å². The molecule has 5 fully saturated rings. The van der Waals surface area contributed by atoms with E-state index in [0.717, 1.165) is 29.6 Å². The van der Waals surface area contributed by atoms with Gasteiger partial charge in [0.1, 0.15) is 0 Å². The smallest absolute Gasteiger partial charge is 0.0176 e. The monoisotopic (exact) mass is 571 g/mol. The van der Waals surface area contributed by atoms with Gasteiger partial charge in [0.2, 0.25) is 0 Å². The lowest BCUT2D eigenvalue weighted by Crippen LogP contribution is -2.73. The fourth-order valence-corrected chi connectivity index (χ4v) is 13.5. The second-order valence-electron chi connectivity index (χ2n) is 20.9. The molecule has 5 aliphatic carbocycles. The quantitative estimate of drug-likeness (QED) is 0.258. The minimum absolute atomic E-state index is 0.0953. The first-order valence-electron chi connectivity index (χ1n) is 17.9. The molecule has 0 aromatic carbocycles. The van der Waals surface area contributed by atoms with Crippen molar-refractivity contribution in [2.75, 3.05) is 0 Å². The molecule has 4 bridgehead atoms. The van der Waals surface area contributed by atoms with E-state index in [4.69, 9.17) is 0 Å². The van der Waals surface area contributed by atoms with Gasteiger partial charge in [0.15, 0.2) is 0 Å². The van der Waals surface area contributed by atoms with Gasteiger partial charge in [-0.15, -0.1) is 0 Å². The standard InChI is InChI=1S/C41H78/c1-23-28(5)39(20)30-25-29-24-27(4)31(30)41(39,22)38(18,19)40(29,21)37(16,17)36(14,15)35(12,13)34(10,11)33(8,9)32(6,7)26(2)3/h26-31H,23-25H2,1-22H3. The molecule has 0 aromatic rings. The number of fused-ring (bicyclic) bond motifs is 1. The Labute approximate surface area is 260 Å². The Bertz CT molecular complexity index is 997. The van der Waals surface area contributed by atoms with Crippen LogP contribution in [0.4, 0.5) is 0 Å². The summed E-state index contributed by atoms with van der Waals surface area (Å²) >= 11 is 0. The summed E-state index contributed by atoms with van der Waals surface area (Å²) in [6.07, 6.45) is 4.17. The molecule has 0 aromatic heterocycles. The van der Waals surface area contributed by atoms with E-state index in [-0.39, 0.29) is 43.3 Å². The highest BCUT2D eigenvalue weighted by atomic mass is 14.9. The largest absolute Gasteiger partial charge is 0.0651 e. The second-order valence-corrected chi connectivity index (χ2v) is 20.9. The van der Waals surface area contributed by atoms with Crippen molar-refractivity contribution in [2.24, 2.45) is 89.7 Å². The van der Waals surface area contributed by atoms with E-state index in [9.17, 15) is 0 Å². The average Bonchev–Trinajstić information content (AvgIpc) is 2.95. The van der Waals surface area contributed by atoms with Gasteiger partial charge >= 0.3 is 0 Å². The van der Waals surface area contributed by atoms with Gasteiger partial charge in [-0.3, -0.25) is 0 Å². The Kier molecular flexibility index (Phi) is 8.02. The molecular formula is C41H78. The van der Waals surface area contributed by atoms with Crippen molar-refractivity contribution in [1.82, 2.24) is 0 Å². The van der Waals surface area contributed by atoms with Crippen molar-refractivity contribution < 1.29 is 0 Å². The van der Waals surface area contributed by atoms with Crippen LogP contribution in [0.25, 0.3) is 0 Å². The number of hydrogen-bond donors (Lipinski definition) is 0. The molecule has 8 unspecified atom stereocenters. The highest BCUT2D eigenvalue weighted by molar-refractivity contribution is 5.30. The summed E-state index contributed by atoms with van der Waals surface area (Å²) in [5, 5.41) is 0. The van der Waals surface area contributed by atoms with E-state index in [1.807, 2.05) is 0 Å². The van der Waals surface area contributed by atoms with Crippen LogP contribution in [0, 0.1) is 89.7 Å². The van der Waals surface area contributed by atoms with Crippen LogP contribution in [0.2, 0.25) is 0 Å². The van der Waals surface area contributed by atoms with Gasteiger partial charge in [-0.2, -0.15) is 0 Å². The van der Waals surface area contributed by atoms with Crippen LogP contribution in [0.1, 0.15) is 172 Å². The molecule has 0 heteroatoms. The van der Waals surface area contributed by atoms with Crippen molar-refractivity contribution in [1.29, 1.82) is 0 Å². The first-order valence-corrected chi connectivity index (χ1v) is 17.9. The molecule has 0 saturated heterocycles. The highest BCUT2D eigenvalue weighted by Gasteiger charge is 2.83. The van der Waals surface area contributed by atoms with Gasteiger partial charge in [0, 0.05) is 0 Å². The van der Waals surface area contributed by atoms with E-state index in [1.54, 1.807) is 0 Å². The number of hydrogen-bond acceptors (Lipinski definition) is 0. The molecule has 0 nitrogen and oxygen atoms in total. The molecule has 0 aliphatic heterocycles. The second kappa shape index (κ2) is 9.27. The third-order valence-electron chi connectivity index (χ3n) is 20.4. The summed E-state index contributed by atoms with van der Waals surface area (Å²) in [5.74, 6) is 4.75. The van der Waals surface area contributed by atoms with E-state index in [0.29, 0.717) is 16.7 Å². The van der Waals surface area contributed by atoms with Gasteiger partial charge in [-0.05, 0) is 102 Å². The van der Waals surface area contributed by atoms with Crippen LogP contribution in [0.5, 0.6) is 0 Å². The molecule has 5 aliphatic rings. The Morgan fingerprint density at radius 1 is 0.659 bits per heavy atom. The van der Waals surface area contributed by atoms with Crippen molar-refractivity contribution in [2.45, 2.75) is 172 Å². The zero-order chi connectivity index (χ0) is 32.6. The van der Waals surface area contributed by atoms with E-state index in [1.165, 1.54) is 19.3 Å². The molecule has 5 saturated carbocycles. The maximum Gasteiger partial charge on any atom is -0.0176 e. The molecule has 5 rings (SSSR count). The lowest BCUT2D eigenvalue weighted by Gasteiger charge is -2.78. The van der Waals surface area contributed by atoms with E-state index >= 15 is 0 Å². The van der Waals surface area contributed by atoms with Crippen LogP contribution < -0.4 is 0 Å². The maximum absolute atomic E-state index is 2.81. The van der Waals surface area contributed by atoms with Gasteiger partial charge in [-0.1, -0.05) is 159 Å². The summed E-state index contributed by atoms with van der Waals surface area (Å²) in [6, 6.07) is 0. The molecular weight excluding hydrogens is 492 g/mol. The fourth-order valence-electron chi connectivity index (χ4n) is 13.5. The minimum atomic E-state index is 0.0953. The molecule has 41 heavy (non-hydrogen) atoms. The topological polar surface area (TPSA) is 0 Å². The molecule has 0 heterocycles. The molecule has 0 spiro atoms. The summed E-state index contributed by atoms with van der Waals surface area (Å²) in [4.78, 5) is 0. The van der Waals surface area contributed by atoms with Crippen LogP contribution >= 0.6 is 0 Å². The Morgan fingerprint density at radius 2 is 1.10 bits per heavy atom. The average molecular weight is 571 g/mol. The van der Waals surface area contributed by atoms with Gasteiger partial charge in [0.05, 0.1) is 0 Å².